The first-order valence-corrected chi connectivity index (χ1v) is 8.71. The molecule has 1 N–H and O–H groups in total. The molecule has 2 heterocycles. The topological polar surface area (TPSA) is 106 Å². The van der Waals surface area contributed by atoms with Gasteiger partial charge in [0.05, 0.1) is 0 Å². The van der Waals surface area contributed by atoms with Crippen molar-refractivity contribution < 1.29 is 28.3 Å². The van der Waals surface area contributed by atoms with E-state index in [1.165, 1.54) is 0 Å². The highest BCUT2D eigenvalue weighted by molar-refractivity contribution is 6.08. The van der Waals surface area contributed by atoms with Crippen molar-refractivity contribution in [2.75, 3.05) is 13.2 Å². The first kappa shape index (κ1) is 18.6. The van der Waals surface area contributed by atoms with Gasteiger partial charge in [0.25, 0.3) is 5.91 Å². The third-order valence-electron chi connectivity index (χ3n) is 4.80. The lowest BCUT2D eigenvalue weighted by molar-refractivity contribution is -0.146. The number of rotatable bonds is 7. The Balaban J connectivity index is 1.59. The summed E-state index contributed by atoms with van der Waals surface area (Å²) in [4.78, 5) is 49.4. The Hall–Kier alpha value is -3.16. The number of para-hydroxylation sites is 1. The maximum atomic E-state index is 12.4. The molecule has 0 radical (unpaired) electrons. The Kier molecular flexibility index (Phi) is 4.98. The van der Waals surface area contributed by atoms with Gasteiger partial charge in [-0.2, -0.15) is 0 Å². The highest BCUT2D eigenvalue weighted by Gasteiger charge is 2.49. The first-order valence-electron chi connectivity index (χ1n) is 8.71. The number of carbonyl (C=O) groups is 4. The molecule has 2 aromatic rings. The molecule has 0 unspecified atom stereocenters. The second kappa shape index (κ2) is 7.22. The third kappa shape index (κ3) is 3.42. The van der Waals surface area contributed by atoms with Crippen LogP contribution >= 0.6 is 0 Å². The second-order valence-electron chi connectivity index (χ2n) is 6.34. The molecule has 1 aromatic heterocycles. The van der Waals surface area contributed by atoms with Crippen LogP contribution in [0.4, 0.5) is 4.79 Å². The molecule has 3 rings (SSSR count). The number of ketones is 1. The molecule has 0 spiro atoms. The van der Waals surface area contributed by atoms with Crippen LogP contribution in [0.1, 0.15) is 37.2 Å². The van der Waals surface area contributed by atoms with E-state index >= 15 is 0 Å². The number of ether oxygens (including phenoxy) is 1. The largest absolute Gasteiger partial charge is 0.456 e. The molecular formula is C19H20N2O6. The van der Waals surface area contributed by atoms with Crippen molar-refractivity contribution in [2.45, 2.75) is 32.2 Å². The van der Waals surface area contributed by atoms with E-state index in [4.69, 9.17) is 9.15 Å². The quantitative estimate of drug-likeness (QED) is 0.454. The molecule has 8 heteroatoms. The normalized spacial score (nSPS) is 15.9. The molecule has 1 saturated heterocycles. The Morgan fingerprint density at radius 3 is 2.52 bits per heavy atom. The molecule has 0 saturated carbocycles. The number of hydrogen-bond donors (Lipinski definition) is 1. The van der Waals surface area contributed by atoms with E-state index < -0.39 is 42.4 Å². The number of nitrogens with one attached hydrogen (secondary N) is 1. The molecule has 1 aliphatic rings. The van der Waals surface area contributed by atoms with Gasteiger partial charge < -0.3 is 14.5 Å². The predicted octanol–water partition coefficient (Wildman–Crippen LogP) is 2.27. The van der Waals surface area contributed by atoms with Crippen LogP contribution in [0, 0.1) is 0 Å². The highest BCUT2D eigenvalue weighted by atomic mass is 16.5. The summed E-state index contributed by atoms with van der Waals surface area (Å²) in [7, 11) is 0. The molecular weight excluding hydrogens is 352 g/mol. The molecule has 0 atom stereocenters. The maximum absolute atomic E-state index is 12.4. The fraction of sp³-hybridized carbons (Fsp3) is 0.368. The number of nitrogens with zero attached hydrogens (tertiary/aromatic N) is 1. The van der Waals surface area contributed by atoms with Gasteiger partial charge in [0.1, 0.15) is 17.7 Å². The Labute approximate surface area is 155 Å². The van der Waals surface area contributed by atoms with Crippen molar-refractivity contribution in [3.8, 4) is 0 Å². The summed E-state index contributed by atoms with van der Waals surface area (Å²) >= 11 is 0. The monoisotopic (exact) mass is 372 g/mol. The van der Waals surface area contributed by atoms with Crippen LogP contribution in [0.3, 0.4) is 0 Å². The number of imide groups is 1. The van der Waals surface area contributed by atoms with E-state index in [1.807, 2.05) is 6.07 Å². The minimum atomic E-state index is -0.985. The van der Waals surface area contributed by atoms with Crippen molar-refractivity contribution in [2.24, 2.45) is 0 Å². The van der Waals surface area contributed by atoms with Crippen molar-refractivity contribution in [1.82, 2.24) is 10.2 Å². The van der Waals surface area contributed by atoms with E-state index in [2.05, 4.69) is 5.32 Å². The van der Waals surface area contributed by atoms with E-state index in [0.717, 1.165) is 10.3 Å². The smallest absolute Gasteiger partial charge is 0.326 e. The van der Waals surface area contributed by atoms with Gasteiger partial charge in [-0.15, -0.1) is 0 Å². The number of urea groups is 1. The molecule has 1 aromatic carbocycles. The lowest BCUT2D eigenvalue weighted by atomic mass is 9.93. The predicted molar refractivity (Wildman–Crippen MR) is 95.1 cm³/mol. The van der Waals surface area contributed by atoms with Crippen LogP contribution in [-0.4, -0.2) is 47.3 Å². The van der Waals surface area contributed by atoms with Gasteiger partial charge in [-0.1, -0.05) is 32.0 Å². The highest BCUT2D eigenvalue weighted by Crippen LogP contribution is 2.24. The summed E-state index contributed by atoms with van der Waals surface area (Å²) < 4.78 is 10.3. The summed E-state index contributed by atoms with van der Waals surface area (Å²) in [5, 5.41) is 3.39. The van der Waals surface area contributed by atoms with Crippen LogP contribution in [0.25, 0.3) is 11.0 Å². The number of benzene rings is 1. The number of hydrogen-bond acceptors (Lipinski definition) is 6. The summed E-state index contributed by atoms with van der Waals surface area (Å²) in [5.74, 6) is -1.73. The SMILES string of the molecule is CCC1(CC)NC(=O)N(CC(=O)OCC(=O)c2cc3ccccc3o2)C1=O. The van der Waals surface area contributed by atoms with Gasteiger partial charge in [0, 0.05) is 5.39 Å². The fourth-order valence-corrected chi connectivity index (χ4v) is 3.06. The van der Waals surface area contributed by atoms with Gasteiger partial charge in [0.15, 0.2) is 12.4 Å². The molecule has 1 aliphatic heterocycles. The fourth-order valence-electron chi connectivity index (χ4n) is 3.06. The van der Waals surface area contributed by atoms with E-state index in [0.29, 0.717) is 18.4 Å². The minimum absolute atomic E-state index is 0.0787. The number of fused-ring (bicyclic) bond motifs is 1. The van der Waals surface area contributed by atoms with Crippen LogP contribution in [0.5, 0.6) is 0 Å². The standard InChI is InChI=1S/C19H20N2O6/c1-3-19(4-2)17(24)21(18(25)20-19)10-16(23)26-11-13(22)15-9-12-7-5-6-8-14(12)27-15/h5-9H,3-4,10-11H2,1-2H3,(H,20,25). The average molecular weight is 372 g/mol. The average Bonchev–Trinajstić information content (AvgIpc) is 3.21. The zero-order valence-electron chi connectivity index (χ0n) is 15.1. The molecule has 3 amide bonds. The Morgan fingerprint density at radius 2 is 1.89 bits per heavy atom. The number of amides is 3. The lowest BCUT2D eigenvalue weighted by Gasteiger charge is -2.22. The number of carbonyl (C=O) groups excluding carboxylic acids is 4. The zero-order valence-corrected chi connectivity index (χ0v) is 15.1. The summed E-state index contributed by atoms with van der Waals surface area (Å²) in [6.45, 7) is 2.50. The summed E-state index contributed by atoms with van der Waals surface area (Å²) in [5.41, 5.74) is -0.427. The molecule has 1 fully saturated rings. The third-order valence-corrected chi connectivity index (χ3v) is 4.80. The molecule has 8 nitrogen and oxygen atoms in total. The van der Waals surface area contributed by atoms with Crippen LogP contribution < -0.4 is 5.32 Å². The lowest BCUT2D eigenvalue weighted by Crippen LogP contribution is -2.46. The van der Waals surface area contributed by atoms with Crippen molar-refractivity contribution in [3.63, 3.8) is 0 Å². The molecule has 142 valence electrons. The van der Waals surface area contributed by atoms with Gasteiger partial charge in [-0.05, 0) is 25.0 Å². The molecule has 27 heavy (non-hydrogen) atoms. The summed E-state index contributed by atoms with van der Waals surface area (Å²) in [6.07, 6.45) is 0.842. The zero-order chi connectivity index (χ0) is 19.6. The Bertz CT molecular complexity index is 879. The first-order chi connectivity index (χ1) is 12.9. The van der Waals surface area contributed by atoms with Crippen LogP contribution in [-0.2, 0) is 14.3 Å². The second-order valence-corrected chi connectivity index (χ2v) is 6.34. The van der Waals surface area contributed by atoms with Gasteiger partial charge in [-0.3, -0.25) is 19.3 Å². The van der Waals surface area contributed by atoms with Gasteiger partial charge in [-0.25, -0.2) is 4.79 Å². The Morgan fingerprint density at radius 1 is 1.19 bits per heavy atom. The van der Waals surface area contributed by atoms with Crippen molar-refractivity contribution >= 4 is 34.7 Å². The van der Waals surface area contributed by atoms with Gasteiger partial charge >= 0.3 is 12.0 Å². The van der Waals surface area contributed by atoms with Crippen molar-refractivity contribution in [1.29, 1.82) is 0 Å². The van der Waals surface area contributed by atoms with Crippen LogP contribution in [0.15, 0.2) is 34.7 Å². The molecule has 0 bridgehead atoms. The van der Waals surface area contributed by atoms with E-state index in [9.17, 15) is 19.2 Å². The van der Waals surface area contributed by atoms with E-state index in [-0.39, 0.29) is 5.76 Å². The van der Waals surface area contributed by atoms with Gasteiger partial charge in [0.2, 0.25) is 5.78 Å². The minimum Gasteiger partial charge on any atom is -0.456 e. The number of Topliss-reactive ketones (excluding diaryl/α,β-unsaturated/α-hetero) is 1. The van der Waals surface area contributed by atoms with Crippen LogP contribution in [0.2, 0.25) is 0 Å². The summed E-state index contributed by atoms with van der Waals surface area (Å²) in [6, 6.07) is 8.06. The number of esters is 1. The van der Waals surface area contributed by atoms with Crippen molar-refractivity contribution in [3.05, 3.63) is 36.1 Å². The maximum Gasteiger partial charge on any atom is 0.326 e. The molecule has 0 aliphatic carbocycles. The number of furan rings is 1. The van der Waals surface area contributed by atoms with E-state index in [1.54, 1.807) is 38.1 Å².